The van der Waals surface area contributed by atoms with Crippen molar-refractivity contribution in [3.63, 3.8) is 0 Å². The van der Waals surface area contributed by atoms with Gasteiger partial charge in [-0.3, -0.25) is 0 Å². The van der Waals surface area contributed by atoms with Crippen molar-refractivity contribution in [2.75, 3.05) is 6.61 Å². The van der Waals surface area contributed by atoms with Gasteiger partial charge in [-0.1, -0.05) is 5.16 Å². The van der Waals surface area contributed by atoms with Crippen molar-refractivity contribution in [1.82, 2.24) is 0 Å². The van der Waals surface area contributed by atoms with Crippen LogP contribution in [0.5, 0.6) is 5.75 Å². The normalized spacial score (nSPS) is 16.2. The van der Waals surface area contributed by atoms with Gasteiger partial charge in [-0.25, -0.2) is 4.39 Å². The number of rotatable bonds is 4. The first-order valence-electron chi connectivity index (χ1n) is 5.32. The van der Waals surface area contributed by atoms with Gasteiger partial charge in [-0.05, 0) is 43.9 Å². The second kappa shape index (κ2) is 4.51. The van der Waals surface area contributed by atoms with Crippen LogP contribution in [-0.4, -0.2) is 17.5 Å². The van der Waals surface area contributed by atoms with E-state index in [9.17, 15) is 4.39 Å². The van der Waals surface area contributed by atoms with Crippen LogP contribution in [0.15, 0.2) is 23.4 Å². The third kappa shape index (κ3) is 2.51. The van der Waals surface area contributed by atoms with Crippen molar-refractivity contribution >= 4 is 5.71 Å². The highest BCUT2D eigenvalue weighted by atomic mass is 19.1. The minimum absolute atomic E-state index is 0.352. The van der Waals surface area contributed by atoms with Crippen LogP contribution in [0.3, 0.4) is 0 Å². The summed E-state index contributed by atoms with van der Waals surface area (Å²) in [5.74, 6) is 0.838. The van der Waals surface area contributed by atoms with Gasteiger partial charge in [0.05, 0.1) is 12.3 Å². The number of hydrogen-bond acceptors (Lipinski definition) is 3. The van der Waals surface area contributed by atoms with Crippen LogP contribution in [0.25, 0.3) is 0 Å². The van der Waals surface area contributed by atoms with Crippen LogP contribution in [0.2, 0.25) is 0 Å². The van der Waals surface area contributed by atoms with E-state index in [-0.39, 0.29) is 5.82 Å². The van der Waals surface area contributed by atoms with Crippen LogP contribution in [-0.2, 0) is 0 Å². The van der Waals surface area contributed by atoms with E-state index in [1.165, 1.54) is 25.0 Å². The highest BCUT2D eigenvalue weighted by Gasteiger charge is 2.22. The van der Waals surface area contributed by atoms with Crippen molar-refractivity contribution in [2.24, 2.45) is 11.1 Å². The topological polar surface area (TPSA) is 41.8 Å². The van der Waals surface area contributed by atoms with E-state index in [0.29, 0.717) is 29.5 Å². The summed E-state index contributed by atoms with van der Waals surface area (Å²) in [6, 6.07) is 4.23. The highest BCUT2D eigenvalue weighted by Crippen LogP contribution is 2.30. The molecule has 1 saturated carbocycles. The van der Waals surface area contributed by atoms with Gasteiger partial charge in [0.2, 0.25) is 0 Å². The zero-order valence-corrected chi connectivity index (χ0v) is 9.11. The lowest BCUT2D eigenvalue weighted by molar-refractivity contribution is 0.297. The van der Waals surface area contributed by atoms with Crippen LogP contribution in [0.4, 0.5) is 4.39 Å². The standard InChI is InChI=1S/C12H14FNO2/c1-8(14-15)11-6-10(13)4-5-12(11)16-7-9-2-3-9/h4-6,9,15H,2-3,7H2,1H3. The molecule has 0 aliphatic heterocycles. The molecule has 3 nitrogen and oxygen atoms in total. The Hall–Kier alpha value is -1.58. The van der Waals surface area contributed by atoms with E-state index in [4.69, 9.17) is 9.94 Å². The van der Waals surface area contributed by atoms with Gasteiger partial charge in [0.15, 0.2) is 0 Å². The number of hydrogen-bond donors (Lipinski definition) is 1. The highest BCUT2D eigenvalue weighted by molar-refractivity contribution is 6.00. The van der Waals surface area contributed by atoms with E-state index >= 15 is 0 Å². The van der Waals surface area contributed by atoms with E-state index in [0.717, 1.165) is 0 Å². The summed E-state index contributed by atoms with van der Waals surface area (Å²) in [6.45, 7) is 2.26. The van der Waals surface area contributed by atoms with Crippen molar-refractivity contribution in [1.29, 1.82) is 0 Å². The summed E-state index contributed by atoms with van der Waals surface area (Å²) in [4.78, 5) is 0. The molecule has 1 aromatic rings. The van der Waals surface area contributed by atoms with E-state index in [1.54, 1.807) is 13.0 Å². The Morgan fingerprint density at radius 1 is 1.56 bits per heavy atom. The maximum absolute atomic E-state index is 13.1. The molecule has 0 heterocycles. The first kappa shape index (κ1) is 10.9. The fourth-order valence-electron chi connectivity index (χ4n) is 1.46. The molecule has 4 heteroatoms. The lowest BCUT2D eigenvalue weighted by Crippen LogP contribution is -2.05. The molecule has 1 fully saturated rings. The number of ether oxygens (including phenoxy) is 1. The first-order chi connectivity index (χ1) is 7.70. The van der Waals surface area contributed by atoms with Gasteiger partial charge in [-0.2, -0.15) is 0 Å². The van der Waals surface area contributed by atoms with Gasteiger partial charge in [-0.15, -0.1) is 0 Å². The maximum atomic E-state index is 13.1. The summed E-state index contributed by atoms with van der Waals surface area (Å²) in [6.07, 6.45) is 2.40. The molecule has 1 aromatic carbocycles. The van der Waals surface area contributed by atoms with E-state index in [2.05, 4.69) is 5.16 Å². The average molecular weight is 223 g/mol. The Morgan fingerprint density at radius 2 is 2.31 bits per heavy atom. The molecular formula is C12H14FNO2. The average Bonchev–Trinajstić information content (AvgIpc) is 3.10. The van der Waals surface area contributed by atoms with Crippen LogP contribution in [0, 0.1) is 11.7 Å². The molecule has 0 atom stereocenters. The number of halogens is 1. The lowest BCUT2D eigenvalue weighted by atomic mass is 10.1. The summed E-state index contributed by atoms with van der Waals surface area (Å²) < 4.78 is 18.6. The zero-order chi connectivity index (χ0) is 11.5. The van der Waals surface area contributed by atoms with Crippen molar-refractivity contribution < 1.29 is 14.3 Å². The third-order valence-corrected chi connectivity index (χ3v) is 2.65. The molecule has 0 saturated heterocycles. The lowest BCUT2D eigenvalue weighted by Gasteiger charge is -2.10. The predicted octanol–water partition coefficient (Wildman–Crippen LogP) is 2.81. The monoisotopic (exact) mass is 223 g/mol. The Balaban J connectivity index is 2.20. The molecule has 0 unspecified atom stereocenters. The smallest absolute Gasteiger partial charge is 0.128 e. The maximum Gasteiger partial charge on any atom is 0.128 e. The molecule has 1 N–H and O–H groups in total. The first-order valence-corrected chi connectivity index (χ1v) is 5.32. The number of oxime groups is 1. The van der Waals surface area contributed by atoms with Gasteiger partial charge < -0.3 is 9.94 Å². The fourth-order valence-corrected chi connectivity index (χ4v) is 1.46. The second-order valence-electron chi connectivity index (χ2n) is 4.08. The van der Waals surface area contributed by atoms with Crippen molar-refractivity contribution in [3.8, 4) is 5.75 Å². The summed E-state index contributed by atoms with van der Waals surface area (Å²) in [7, 11) is 0. The molecule has 0 aromatic heterocycles. The van der Waals surface area contributed by atoms with Crippen molar-refractivity contribution in [3.05, 3.63) is 29.6 Å². The molecule has 0 spiro atoms. The van der Waals surface area contributed by atoms with Gasteiger partial charge in [0.25, 0.3) is 0 Å². The predicted molar refractivity (Wildman–Crippen MR) is 58.6 cm³/mol. The number of benzene rings is 1. The zero-order valence-electron chi connectivity index (χ0n) is 9.11. The van der Waals surface area contributed by atoms with Crippen LogP contribution < -0.4 is 4.74 Å². The van der Waals surface area contributed by atoms with Gasteiger partial charge in [0.1, 0.15) is 11.6 Å². The van der Waals surface area contributed by atoms with Crippen LogP contribution in [0.1, 0.15) is 25.3 Å². The number of nitrogens with zero attached hydrogens (tertiary/aromatic N) is 1. The molecule has 16 heavy (non-hydrogen) atoms. The largest absolute Gasteiger partial charge is 0.493 e. The molecule has 0 bridgehead atoms. The Morgan fingerprint density at radius 3 is 2.94 bits per heavy atom. The minimum Gasteiger partial charge on any atom is -0.493 e. The van der Waals surface area contributed by atoms with Gasteiger partial charge >= 0.3 is 0 Å². The second-order valence-corrected chi connectivity index (χ2v) is 4.08. The summed E-state index contributed by atoms with van der Waals surface area (Å²) in [5, 5.41) is 11.8. The van der Waals surface area contributed by atoms with E-state index in [1.807, 2.05) is 0 Å². The molecule has 1 aliphatic rings. The Bertz CT molecular complexity index is 413. The minimum atomic E-state index is -0.364. The van der Waals surface area contributed by atoms with Crippen LogP contribution >= 0.6 is 0 Å². The molecular weight excluding hydrogens is 209 g/mol. The SMILES string of the molecule is CC(=NO)c1cc(F)ccc1OCC1CC1. The Labute approximate surface area is 93.5 Å². The van der Waals surface area contributed by atoms with Gasteiger partial charge in [0, 0.05) is 5.56 Å². The molecule has 2 rings (SSSR count). The fraction of sp³-hybridized carbons (Fsp3) is 0.417. The Kier molecular flexibility index (Phi) is 3.08. The summed E-state index contributed by atoms with van der Waals surface area (Å²) >= 11 is 0. The third-order valence-electron chi connectivity index (χ3n) is 2.65. The molecule has 86 valence electrons. The van der Waals surface area contributed by atoms with Crippen molar-refractivity contribution in [2.45, 2.75) is 19.8 Å². The molecule has 1 aliphatic carbocycles. The quantitative estimate of drug-likeness (QED) is 0.484. The molecule has 0 amide bonds. The van der Waals surface area contributed by atoms with E-state index < -0.39 is 0 Å². The molecule has 0 radical (unpaired) electrons. The summed E-state index contributed by atoms with van der Waals surface area (Å²) in [5.41, 5.74) is 0.855.